The van der Waals surface area contributed by atoms with E-state index in [0.717, 1.165) is 21.9 Å². The number of pyridine rings is 1. The monoisotopic (exact) mass is 381 g/mol. The number of nitrogens with zero attached hydrogens (tertiary/aromatic N) is 11. The van der Waals surface area contributed by atoms with Crippen LogP contribution in [0.1, 0.15) is 0 Å². The molecular formula is C18H11N11. The van der Waals surface area contributed by atoms with Gasteiger partial charge in [0.2, 0.25) is 5.95 Å². The van der Waals surface area contributed by atoms with E-state index in [1.165, 1.54) is 9.36 Å². The van der Waals surface area contributed by atoms with Gasteiger partial charge >= 0.3 is 0 Å². The number of hydrogen-bond donors (Lipinski definition) is 0. The molecule has 0 aliphatic carbocycles. The lowest BCUT2D eigenvalue weighted by Gasteiger charge is -2.09. The van der Waals surface area contributed by atoms with Crippen molar-refractivity contribution in [1.82, 2.24) is 54.5 Å². The summed E-state index contributed by atoms with van der Waals surface area (Å²) in [4.78, 5) is 18.3. The highest BCUT2D eigenvalue weighted by Gasteiger charge is 2.18. The number of fused-ring (bicyclic) bond motifs is 3. The maximum atomic E-state index is 4.64. The average molecular weight is 381 g/mol. The lowest BCUT2D eigenvalue weighted by atomic mass is 10.2. The van der Waals surface area contributed by atoms with E-state index in [2.05, 4.69) is 40.6 Å². The second kappa shape index (κ2) is 5.99. The number of rotatable bonds is 3. The van der Waals surface area contributed by atoms with Crippen LogP contribution < -0.4 is 0 Å². The molecular weight excluding hydrogens is 370 g/mol. The lowest BCUT2D eigenvalue weighted by molar-refractivity contribution is 0.697. The maximum Gasteiger partial charge on any atom is 0.258 e. The van der Waals surface area contributed by atoms with Gasteiger partial charge in [0, 0.05) is 11.6 Å². The standard InChI is InChI=1S/C18H11N11/c1-2-5-13-12(4-1)15-14(6-3-7-19-15)29(13)18-23-16(27-10-8-20-25-27)22-17(24-18)28-11-9-21-26-28/h1-11H. The lowest BCUT2D eigenvalue weighted by Crippen LogP contribution is -2.14. The van der Waals surface area contributed by atoms with Crippen LogP contribution >= 0.6 is 0 Å². The van der Waals surface area contributed by atoms with Crippen LogP contribution in [-0.4, -0.2) is 54.5 Å². The molecule has 5 heterocycles. The summed E-state index contributed by atoms with van der Waals surface area (Å²) in [5.41, 5.74) is 2.68. The molecule has 6 aromatic rings. The topological polar surface area (TPSA) is 118 Å². The van der Waals surface area contributed by atoms with Gasteiger partial charge in [-0.3, -0.25) is 9.55 Å². The van der Waals surface area contributed by atoms with Gasteiger partial charge in [-0.25, -0.2) is 0 Å². The Morgan fingerprint density at radius 1 is 0.621 bits per heavy atom. The first-order valence-corrected chi connectivity index (χ1v) is 8.72. The van der Waals surface area contributed by atoms with Crippen LogP contribution in [0.2, 0.25) is 0 Å². The third-order valence-corrected chi connectivity index (χ3v) is 4.48. The largest absolute Gasteiger partial charge is 0.276 e. The van der Waals surface area contributed by atoms with Gasteiger partial charge in [0.05, 0.1) is 41.3 Å². The van der Waals surface area contributed by atoms with Crippen LogP contribution in [0.25, 0.3) is 39.8 Å². The van der Waals surface area contributed by atoms with Crippen molar-refractivity contribution in [2.24, 2.45) is 0 Å². The highest BCUT2D eigenvalue weighted by molar-refractivity contribution is 6.06. The molecule has 0 saturated heterocycles. The van der Waals surface area contributed by atoms with Crippen molar-refractivity contribution in [1.29, 1.82) is 0 Å². The molecule has 29 heavy (non-hydrogen) atoms. The predicted octanol–water partition coefficient (Wildman–Crippen LogP) is 1.53. The summed E-state index contributed by atoms with van der Waals surface area (Å²) in [5, 5.41) is 16.7. The zero-order chi connectivity index (χ0) is 19.2. The molecule has 5 aromatic heterocycles. The molecule has 0 aliphatic rings. The first-order chi connectivity index (χ1) is 14.4. The van der Waals surface area contributed by atoms with Crippen molar-refractivity contribution >= 4 is 21.9 Å². The van der Waals surface area contributed by atoms with Crippen molar-refractivity contribution in [3.8, 4) is 17.8 Å². The minimum atomic E-state index is 0.313. The molecule has 0 radical (unpaired) electrons. The van der Waals surface area contributed by atoms with Crippen LogP contribution in [0, 0.1) is 0 Å². The molecule has 11 nitrogen and oxygen atoms in total. The Kier molecular flexibility index (Phi) is 3.20. The molecule has 138 valence electrons. The molecule has 0 bridgehead atoms. The van der Waals surface area contributed by atoms with E-state index < -0.39 is 0 Å². The van der Waals surface area contributed by atoms with Crippen molar-refractivity contribution in [2.45, 2.75) is 0 Å². The Bertz CT molecular complexity index is 1340. The molecule has 0 atom stereocenters. The van der Waals surface area contributed by atoms with Crippen LogP contribution in [0.15, 0.2) is 67.4 Å². The minimum absolute atomic E-state index is 0.313. The maximum absolute atomic E-state index is 4.64. The summed E-state index contributed by atoms with van der Waals surface area (Å²) in [6, 6.07) is 11.8. The molecule has 0 saturated carbocycles. The van der Waals surface area contributed by atoms with Gasteiger partial charge in [-0.2, -0.15) is 24.3 Å². The van der Waals surface area contributed by atoms with E-state index in [9.17, 15) is 0 Å². The van der Waals surface area contributed by atoms with Gasteiger partial charge in [0.25, 0.3) is 11.9 Å². The molecule has 1 aromatic carbocycles. The summed E-state index contributed by atoms with van der Waals surface area (Å²) in [6.45, 7) is 0. The smallest absolute Gasteiger partial charge is 0.258 e. The first kappa shape index (κ1) is 15.5. The number of hydrogen-bond acceptors (Lipinski definition) is 8. The van der Waals surface area contributed by atoms with E-state index in [1.54, 1.807) is 31.0 Å². The normalized spacial score (nSPS) is 11.4. The van der Waals surface area contributed by atoms with Gasteiger partial charge in [-0.05, 0) is 18.2 Å². The number of benzene rings is 1. The fourth-order valence-corrected chi connectivity index (χ4v) is 3.28. The third kappa shape index (κ3) is 2.37. The zero-order valence-corrected chi connectivity index (χ0v) is 14.8. The number of para-hydroxylation sites is 1. The van der Waals surface area contributed by atoms with Crippen molar-refractivity contribution in [3.05, 3.63) is 67.4 Å². The quantitative estimate of drug-likeness (QED) is 0.453. The van der Waals surface area contributed by atoms with Crippen molar-refractivity contribution < 1.29 is 0 Å². The van der Waals surface area contributed by atoms with Crippen LogP contribution in [0.3, 0.4) is 0 Å². The summed E-state index contributed by atoms with van der Waals surface area (Å²) in [5.74, 6) is 1.04. The average Bonchev–Trinajstić information content (AvgIpc) is 3.54. The minimum Gasteiger partial charge on any atom is -0.276 e. The second-order valence-electron chi connectivity index (χ2n) is 6.15. The van der Waals surface area contributed by atoms with Gasteiger partial charge in [-0.1, -0.05) is 28.6 Å². The molecule has 11 heteroatoms. The van der Waals surface area contributed by atoms with Crippen molar-refractivity contribution in [2.75, 3.05) is 0 Å². The predicted molar refractivity (Wildman–Crippen MR) is 102 cm³/mol. The second-order valence-corrected chi connectivity index (χ2v) is 6.15. The summed E-state index contributed by atoms with van der Waals surface area (Å²) in [6.07, 6.45) is 8.22. The van der Waals surface area contributed by atoms with Crippen LogP contribution in [-0.2, 0) is 0 Å². The first-order valence-electron chi connectivity index (χ1n) is 8.72. The summed E-state index contributed by atoms with van der Waals surface area (Å²) in [7, 11) is 0. The van der Waals surface area contributed by atoms with E-state index in [1.807, 2.05) is 41.0 Å². The SMILES string of the molecule is c1ccc2c(c1)c1ncccc1n2-c1nc(-n2ccnn2)nc(-n2ccnn2)n1. The van der Waals surface area contributed by atoms with E-state index in [4.69, 9.17) is 0 Å². The third-order valence-electron chi connectivity index (χ3n) is 4.48. The molecule has 0 fully saturated rings. The van der Waals surface area contributed by atoms with E-state index in [0.29, 0.717) is 17.8 Å². The molecule has 0 amide bonds. The van der Waals surface area contributed by atoms with E-state index >= 15 is 0 Å². The Hall–Kier alpha value is -4.54. The highest BCUT2D eigenvalue weighted by atomic mass is 15.5. The molecule has 0 N–H and O–H groups in total. The van der Waals surface area contributed by atoms with Gasteiger partial charge in [0.1, 0.15) is 0 Å². The van der Waals surface area contributed by atoms with Gasteiger partial charge in [-0.15, -0.1) is 10.2 Å². The number of aromatic nitrogens is 11. The summed E-state index contributed by atoms with van der Waals surface area (Å²) < 4.78 is 4.88. The van der Waals surface area contributed by atoms with Crippen LogP contribution in [0.4, 0.5) is 0 Å². The fraction of sp³-hybridized carbons (Fsp3) is 0. The zero-order valence-electron chi connectivity index (χ0n) is 14.8. The molecule has 0 aliphatic heterocycles. The molecule has 0 unspecified atom stereocenters. The Morgan fingerprint density at radius 3 is 1.97 bits per heavy atom. The van der Waals surface area contributed by atoms with E-state index in [-0.39, 0.29) is 0 Å². The Balaban J connectivity index is 1.71. The molecule has 0 spiro atoms. The van der Waals surface area contributed by atoms with Gasteiger partial charge < -0.3 is 0 Å². The highest BCUT2D eigenvalue weighted by Crippen LogP contribution is 2.29. The summed E-state index contributed by atoms with van der Waals surface area (Å²) >= 11 is 0. The van der Waals surface area contributed by atoms with Crippen LogP contribution in [0.5, 0.6) is 0 Å². The fourth-order valence-electron chi connectivity index (χ4n) is 3.28. The Morgan fingerprint density at radius 2 is 1.28 bits per heavy atom. The van der Waals surface area contributed by atoms with Gasteiger partial charge in [0.15, 0.2) is 0 Å². The Labute approximate surface area is 162 Å². The molecule has 6 rings (SSSR count). The van der Waals surface area contributed by atoms with Crippen molar-refractivity contribution in [3.63, 3.8) is 0 Å².